The van der Waals surface area contributed by atoms with Crippen LogP contribution in [0, 0.1) is 11.3 Å². The lowest BCUT2D eigenvalue weighted by molar-refractivity contribution is 0.481. The molecule has 2 aromatic carbocycles. The summed E-state index contributed by atoms with van der Waals surface area (Å²) in [6, 6.07) is 13.6. The van der Waals surface area contributed by atoms with Crippen LogP contribution in [-0.4, -0.2) is 10.4 Å². The van der Waals surface area contributed by atoms with E-state index in [0.717, 1.165) is 22.1 Å². The molecule has 86 valence electrons. The third-order valence-corrected chi connectivity index (χ3v) is 3.98. The Morgan fingerprint density at radius 3 is 2.59 bits per heavy atom. The van der Waals surface area contributed by atoms with Gasteiger partial charge >= 0.3 is 0 Å². The molecule has 0 saturated heterocycles. The van der Waals surface area contributed by atoms with E-state index < -0.39 is 0 Å². The van der Waals surface area contributed by atoms with Crippen molar-refractivity contribution in [2.75, 3.05) is 0 Å². The molecule has 0 amide bonds. The first-order chi connectivity index (χ1) is 8.26. The van der Waals surface area contributed by atoms with Gasteiger partial charge in [0.1, 0.15) is 5.75 Å². The maximum absolute atomic E-state index is 9.77. The second kappa shape index (κ2) is 5.11. The number of hydrogen-bond donors (Lipinski definition) is 1. The van der Waals surface area contributed by atoms with E-state index in [2.05, 4.69) is 6.07 Å². The first kappa shape index (κ1) is 11.8. The molecule has 0 heterocycles. The van der Waals surface area contributed by atoms with Crippen molar-refractivity contribution in [2.45, 2.75) is 23.5 Å². The molecule has 0 bridgehead atoms. The number of phenolic OH excluding ortho intramolecular Hbond substituents is 1. The number of rotatable bonds is 3. The number of fused-ring (bicyclic) bond motifs is 1. The summed E-state index contributed by atoms with van der Waals surface area (Å²) in [5, 5.41) is 20.6. The van der Waals surface area contributed by atoms with Gasteiger partial charge in [-0.05, 0) is 23.9 Å². The monoisotopic (exact) mass is 243 g/mol. The van der Waals surface area contributed by atoms with Crippen LogP contribution in [0.3, 0.4) is 0 Å². The highest BCUT2D eigenvalue weighted by Gasteiger charge is 2.10. The largest absolute Gasteiger partial charge is 0.507 e. The van der Waals surface area contributed by atoms with Crippen molar-refractivity contribution in [1.82, 2.24) is 0 Å². The topological polar surface area (TPSA) is 44.0 Å². The molecule has 0 aliphatic rings. The Labute approximate surface area is 105 Å². The van der Waals surface area contributed by atoms with Gasteiger partial charge in [-0.1, -0.05) is 31.2 Å². The molecule has 0 fully saturated rings. The van der Waals surface area contributed by atoms with Crippen molar-refractivity contribution in [1.29, 1.82) is 5.26 Å². The first-order valence-electron chi connectivity index (χ1n) is 5.53. The van der Waals surface area contributed by atoms with Gasteiger partial charge in [-0.15, -0.1) is 11.8 Å². The number of nitrogens with zero attached hydrogens (tertiary/aromatic N) is 1. The second-order valence-electron chi connectivity index (χ2n) is 3.77. The fraction of sp³-hybridized carbons (Fsp3) is 0.214. The fourth-order valence-electron chi connectivity index (χ4n) is 1.71. The zero-order valence-electron chi connectivity index (χ0n) is 9.55. The van der Waals surface area contributed by atoms with E-state index in [9.17, 15) is 5.11 Å². The highest BCUT2D eigenvalue weighted by atomic mass is 32.2. The third kappa shape index (κ3) is 2.37. The Balaban J connectivity index is 2.49. The molecule has 0 spiro atoms. The Hall–Kier alpha value is -1.66. The summed E-state index contributed by atoms with van der Waals surface area (Å²) >= 11 is 1.55. The van der Waals surface area contributed by atoms with Gasteiger partial charge < -0.3 is 5.11 Å². The van der Waals surface area contributed by atoms with Crippen LogP contribution in [0.5, 0.6) is 5.75 Å². The van der Waals surface area contributed by atoms with Gasteiger partial charge in [0.25, 0.3) is 0 Å². The van der Waals surface area contributed by atoms with Crippen molar-refractivity contribution >= 4 is 22.5 Å². The molecule has 2 aromatic rings. The van der Waals surface area contributed by atoms with Crippen molar-refractivity contribution in [3.8, 4) is 11.8 Å². The van der Waals surface area contributed by atoms with Crippen molar-refractivity contribution in [3.63, 3.8) is 0 Å². The molecule has 1 atom stereocenters. The molecular formula is C14H13NOS. The van der Waals surface area contributed by atoms with Crippen LogP contribution in [-0.2, 0) is 0 Å². The summed E-state index contributed by atoms with van der Waals surface area (Å²) in [5.74, 6) is 0.287. The average molecular weight is 243 g/mol. The van der Waals surface area contributed by atoms with Gasteiger partial charge in [-0.3, -0.25) is 0 Å². The normalized spacial score (nSPS) is 12.2. The molecule has 0 aliphatic carbocycles. The number of thioether (sulfide) groups is 1. The standard InChI is InChI=1S/C14H13NOS/c1-2-10(9-15)17-14-8-7-13(16)11-5-3-4-6-12(11)14/h3-8,10,16H,2H2,1H3. The van der Waals surface area contributed by atoms with Crippen LogP contribution >= 0.6 is 11.8 Å². The molecule has 2 rings (SSSR count). The van der Waals surface area contributed by atoms with E-state index >= 15 is 0 Å². The maximum Gasteiger partial charge on any atom is 0.123 e. The lowest BCUT2D eigenvalue weighted by Crippen LogP contribution is -1.95. The molecule has 3 heteroatoms. The predicted octanol–water partition coefficient (Wildman–Crippen LogP) is 3.94. The third-order valence-electron chi connectivity index (χ3n) is 2.65. The smallest absolute Gasteiger partial charge is 0.123 e. The number of aromatic hydroxyl groups is 1. The zero-order valence-corrected chi connectivity index (χ0v) is 10.4. The van der Waals surface area contributed by atoms with Gasteiger partial charge in [0.2, 0.25) is 0 Å². The van der Waals surface area contributed by atoms with Crippen LogP contribution < -0.4 is 0 Å². The van der Waals surface area contributed by atoms with Crippen LogP contribution in [0.1, 0.15) is 13.3 Å². The minimum absolute atomic E-state index is 0.0389. The van der Waals surface area contributed by atoms with Crippen LogP contribution in [0.25, 0.3) is 10.8 Å². The summed E-state index contributed by atoms with van der Waals surface area (Å²) < 4.78 is 0. The number of phenols is 1. The van der Waals surface area contributed by atoms with Crippen molar-refractivity contribution < 1.29 is 5.11 Å². The highest BCUT2D eigenvalue weighted by molar-refractivity contribution is 8.00. The van der Waals surface area contributed by atoms with Crippen LogP contribution in [0.15, 0.2) is 41.3 Å². The quantitative estimate of drug-likeness (QED) is 0.830. The Kier molecular flexibility index (Phi) is 3.55. The Bertz CT molecular complexity index is 574. The molecule has 1 unspecified atom stereocenters. The molecule has 1 N–H and O–H groups in total. The van der Waals surface area contributed by atoms with Crippen LogP contribution in [0.2, 0.25) is 0 Å². The summed E-state index contributed by atoms with van der Waals surface area (Å²) in [7, 11) is 0. The summed E-state index contributed by atoms with van der Waals surface area (Å²) in [6.45, 7) is 2.00. The fourth-order valence-corrected chi connectivity index (χ4v) is 2.69. The van der Waals surface area contributed by atoms with E-state index in [1.807, 2.05) is 37.3 Å². The number of hydrogen-bond acceptors (Lipinski definition) is 3. The lowest BCUT2D eigenvalue weighted by Gasteiger charge is -2.10. The van der Waals surface area contributed by atoms with Crippen molar-refractivity contribution in [2.24, 2.45) is 0 Å². The molecule has 17 heavy (non-hydrogen) atoms. The summed E-state index contributed by atoms with van der Waals surface area (Å²) in [5.41, 5.74) is 0. The van der Waals surface area contributed by atoms with E-state index in [-0.39, 0.29) is 11.0 Å². The summed E-state index contributed by atoms with van der Waals surface area (Å²) in [6.07, 6.45) is 0.816. The average Bonchev–Trinajstić information content (AvgIpc) is 2.38. The molecule has 2 nitrogen and oxygen atoms in total. The predicted molar refractivity (Wildman–Crippen MR) is 71.2 cm³/mol. The molecule has 0 radical (unpaired) electrons. The van der Waals surface area contributed by atoms with E-state index in [0.29, 0.717) is 0 Å². The summed E-state index contributed by atoms with van der Waals surface area (Å²) in [4.78, 5) is 1.05. The van der Waals surface area contributed by atoms with Gasteiger partial charge in [0.05, 0.1) is 11.3 Å². The second-order valence-corrected chi connectivity index (χ2v) is 5.02. The van der Waals surface area contributed by atoms with Gasteiger partial charge in [0.15, 0.2) is 0 Å². The van der Waals surface area contributed by atoms with Gasteiger partial charge in [-0.2, -0.15) is 5.26 Å². The molecule has 0 aliphatic heterocycles. The Morgan fingerprint density at radius 2 is 1.94 bits per heavy atom. The van der Waals surface area contributed by atoms with Gasteiger partial charge in [-0.25, -0.2) is 0 Å². The highest BCUT2D eigenvalue weighted by Crippen LogP contribution is 2.35. The number of nitriles is 1. The SMILES string of the molecule is CCC(C#N)Sc1ccc(O)c2ccccc12. The molecular weight excluding hydrogens is 230 g/mol. The van der Waals surface area contributed by atoms with E-state index in [4.69, 9.17) is 5.26 Å². The van der Waals surface area contributed by atoms with E-state index in [1.54, 1.807) is 17.8 Å². The minimum Gasteiger partial charge on any atom is -0.507 e. The number of benzene rings is 2. The van der Waals surface area contributed by atoms with Crippen molar-refractivity contribution in [3.05, 3.63) is 36.4 Å². The van der Waals surface area contributed by atoms with Gasteiger partial charge in [0, 0.05) is 10.3 Å². The molecule has 0 aromatic heterocycles. The first-order valence-corrected chi connectivity index (χ1v) is 6.41. The zero-order chi connectivity index (χ0) is 12.3. The van der Waals surface area contributed by atoms with E-state index in [1.165, 1.54) is 0 Å². The van der Waals surface area contributed by atoms with Crippen LogP contribution in [0.4, 0.5) is 0 Å². The maximum atomic E-state index is 9.77. The molecule has 0 saturated carbocycles. The lowest BCUT2D eigenvalue weighted by atomic mass is 10.1. The Morgan fingerprint density at radius 1 is 1.24 bits per heavy atom. The minimum atomic E-state index is -0.0389.